The van der Waals surface area contributed by atoms with Crippen molar-refractivity contribution < 1.29 is 29.0 Å². The summed E-state index contributed by atoms with van der Waals surface area (Å²) in [6, 6.07) is 26.5. The molecule has 2 aromatic heterocycles. The van der Waals surface area contributed by atoms with Crippen LogP contribution in [0.1, 0.15) is 40.3 Å². The molecule has 1 fully saturated rings. The van der Waals surface area contributed by atoms with E-state index in [1.807, 2.05) is 30.3 Å². The Kier molecular flexibility index (Phi) is 8.32. The van der Waals surface area contributed by atoms with E-state index in [0.29, 0.717) is 16.8 Å². The van der Waals surface area contributed by atoms with Crippen LogP contribution in [0.2, 0.25) is 0 Å². The van der Waals surface area contributed by atoms with E-state index in [0.717, 1.165) is 9.36 Å². The Morgan fingerprint density at radius 3 is 2.09 bits per heavy atom. The van der Waals surface area contributed by atoms with Gasteiger partial charge in [0.1, 0.15) is 0 Å². The van der Waals surface area contributed by atoms with Crippen molar-refractivity contribution in [1.29, 1.82) is 0 Å². The number of aliphatic hydroxyl groups is 1. The molecule has 44 heavy (non-hydrogen) atoms. The molecule has 2 amide bonds. The molecule has 12 heteroatoms. The van der Waals surface area contributed by atoms with E-state index >= 15 is 0 Å². The number of benzene rings is 3. The van der Waals surface area contributed by atoms with Crippen molar-refractivity contribution >= 4 is 54.2 Å². The first-order valence-electron chi connectivity index (χ1n) is 13.8. The van der Waals surface area contributed by atoms with Crippen LogP contribution in [-0.2, 0) is 14.3 Å². The van der Waals surface area contributed by atoms with Crippen LogP contribution >= 0.6 is 0 Å². The van der Waals surface area contributed by atoms with Crippen LogP contribution in [-0.4, -0.2) is 74.6 Å². The summed E-state index contributed by atoms with van der Waals surface area (Å²) in [5, 5.41) is 10.6. The number of imidazole rings is 1. The van der Waals surface area contributed by atoms with Crippen molar-refractivity contribution in [3.63, 3.8) is 0 Å². The van der Waals surface area contributed by atoms with Gasteiger partial charge < -0.3 is 0 Å². The monoisotopic (exact) mass is 657 g/mol. The van der Waals surface area contributed by atoms with Crippen molar-refractivity contribution in [2.75, 3.05) is 11.5 Å². The van der Waals surface area contributed by atoms with Gasteiger partial charge in [0.05, 0.1) is 0 Å². The number of ether oxygens (including phenoxy) is 2. The summed E-state index contributed by atoms with van der Waals surface area (Å²) in [4.78, 5) is 54.0. The summed E-state index contributed by atoms with van der Waals surface area (Å²) < 4.78 is 13.6. The molecule has 6 rings (SSSR count). The summed E-state index contributed by atoms with van der Waals surface area (Å²) in [7, 11) is 0. The van der Waals surface area contributed by atoms with Gasteiger partial charge in [-0.25, -0.2) is 0 Å². The van der Waals surface area contributed by atoms with Gasteiger partial charge in [0.25, 0.3) is 0 Å². The molecule has 1 saturated heterocycles. The van der Waals surface area contributed by atoms with Gasteiger partial charge in [-0.15, -0.1) is 0 Å². The quantitative estimate of drug-likeness (QED) is 0.152. The standard InChI is InChI=1S/C32H27N5O6Se/c1-21(39)42-25-17-26(43-32(25,18-38)44-24-15-9-4-10-16-24)36-20-35-27-28(36)33-19-34-29(27)37(30(40)22-11-5-2-6-12-22)31(41)23-13-7-3-8-14-23/h2-16,19-20,25-26,38H,17-18H2,1H3/t25-,26+,32+/m0/s1. The van der Waals surface area contributed by atoms with Gasteiger partial charge in [-0.3, -0.25) is 0 Å². The second-order valence-electron chi connectivity index (χ2n) is 9.99. The third-order valence-electron chi connectivity index (χ3n) is 7.11. The number of esters is 1. The first kappa shape index (κ1) is 29.3. The molecule has 0 unspecified atom stereocenters. The van der Waals surface area contributed by atoms with E-state index in [2.05, 4.69) is 15.0 Å². The molecule has 0 radical (unpaired) electrons. The third kappa shape index (κ3) is 5.63. The van der Waals surface area contributed by atoms with Crippen molar-refractivity contribution in [3.05, 3.63) is 115 Å². The number of anilines is 1. The van der Waals surface area contributed by atoms with Crippen LogP contribution in [0.5, 0.6) is 0 Å². The van der Waals surface area contributed by atoms with Gasteiger partial charge in [-0.2, -0.15) is 0 Å². The fourth-order valence-corrected chi connectivity index (χ4v) is 7.59. The number of carbonyl (C=O) groups excluding carboxylic acids is 3. The summed E-state index contributed by atoms with van der Waals surface area (Å²) in [6.45, 7) is 0.938. The Bertz CT molecular complexity index is 1750. The zero-order valence-corrected chi connectivity index (χ0v) is 25.2. The van der Waals surface area contributed by atoms with Gasteiger partial charge in [0, 0.05) is 0 Å². The number of amides is 2. The van der Waals surface area contributed by atoms with Gasteiger partial charge in [-0.1, -0.05) is 12.1 Å². The van der Waals surface area contributed by atoms with E-state index in [9.17, 15) is 19.5 Å². The Morgan fingerprint density at radius 1 is 0.932 bits per heavy atom. The van der Waals surface area contributed by atoms with E-state index in [4.69, 9.17) is 9.47 Å². The number of hydrogen-bond donors (Lipinski definition) is 1. The third-order valence-corrected chi connectivity index (χ3v) is 9.93. The fraction of sp³-hybridized carbons (Fsp3) is 0.188. The average molecular weight is 657 g/mol. The van der Waals surface area contributed by atoms with Crippen LogP contribution in [0.15, 0.2) is 104 Å². The number of hydrogen-bond acceptors (Lipinski definition) is 9. The Morgan fingerprint density at radius 2 is 1.52 bits per heavy atom. The van der Waals surface area contributed by atoms with Crippen molar-refractivity contribution in [2.45, 2.75) is 30.2 Å². The molecular formula is C32H27N5O6Se. The second-order valence-corrected chi connectivity index (χ2v) is 12.9. The van der Waals surface area contributed by atoms with E-state index in [1.54, 1.807) is 65.2 Å². The zero-order valence-electron chi connectivity index (χ0n) is 23.5. The number of fused-ring (bicyclic) bond motifs is 1. The van der Waals surface area contributed by atoms with Gasteiger partial charge >= 0.3 is 247 Å². The normalized spacial score (nSPS) is 19.5. The number of aliphatic hydroxyl groups excluding tert-OH is 1. The topological polar surface area (TPSA) is 137 Å². The van der Waals surface area contributed by atoms with E-state index in [1.165, 1.54) is 19.6 Å². The maximum atomic E-state index is 13.8. The molecular weight excluding hydrogens is 629 g/mol. The number of rotatable bonds is 8. The van der Waals surface area contributed by atoms with Crippen molar-refractivity contribution in [1.82, 2.24) is 19.5 Å². The summed E-state index contributed by atoms with van der Waals surface area (Å²) in [5.41, 5.74) is 1.09. The van der Waals surface area contributed by atoms with Crippen molar-refractivity contribution in [2.24, 2.45) is 0 Å². The van der Waals surface area contributed by atoms with Crippen LogP contribution in [0, 0.1) is 0 Å². The summed E-state index contributed by atoms with van der Waals surface area (Å²) in [5.74, 6) is -1.64. The second kappa shape index (κ2) is 12.5. The van der Waals surface area contributed by atoms with Crippen LogP contribution in [0.4, 0.5) is 5.82 Å². The van der Waals surface area contributed by atoms with E-state index in [-0.39, 0.29) is 24.4 Å². The molecule has 1 aliphatic rings. The van der Waals surface area contributed by atoms with Gasteiger partial charge in [0.15, 0.2) is 0 Å². The number of aromatic nitrogens is 4. The SMILES string of the molecule is CC(=O)O[C@H]1C[C@H](n2cnc3c(N(C(=O)c4ccccc4)C(=O)c4ccccc4)ncnc32)O[C@]1(CO)[Se]c1ccccc1. The summed E-state index contributed by atoms with van der Waals surface area (Å²) in [6.07, 6.45) is 1.48. The molecule has 1 aliphatic heterocycles. The first-order chi connectivity index (χ1) is 21.4. The molecule has 11 nitrogen and oxygen atoms in total. The molecule has 3 heterocycles. The molecule has 222 valence electrons. The van der Waals surface area contributed by atoms with Crippen LogP contribution in [0.25, 0.3) is 11.2 Å². The molecule has 5 aromatic rings. The first-order valence-corrected chi connectivity index (χ1v) is 15.5. The maximum absolute atomic E-state index is 13.8. The van der Waals surface area contributed by atoms with Crippen LogP contribution < -0.4 is 9.36 Å². The molecule has 3 atom stereocenters. The molecule has 3 aromatic carbocycles. The fourth-order valence-electron chi connectivity index (χ4n) is 5.09. The molecule has 0 spiro atoms. The predicted molar refractivity (Wildman–Crippen MR) is 161 cm³/mol. The zero-order chi connectivity index (χ0) is 30.7. The van der Waals surface area contributed by atoms with Gasteiger partial charge in [0.2, 0.25) is 0 Å². The number of carbonyl (C=O) groups is 3. The van der Waals surface area contributed by atoms with Crippen molar-refractivity contribution in [3.8, 4) is 0 Å². The minimum absolute atomic E-state index is 0.00733. The number of nitrogens with zero attached hydrogens (tertiary/aromatic N) is 5. The molecule has 1 N–H and O–H groups in total. The Labute approximate surface area is 258 Å². The average Bonchev–Trinajstić information content (AvgIpc) is 3.64. The summed E-state index contributed by atoms with van der Waals surface area (Å²) >= 11 is -0.435. The Balaban J connectivity index is 1.41. The van der Waals surface area contributed by atoms with E-state index < -0.39 is 49.6 Å². The molecule has 0 saturated carbocycles. The molecule has 0 bridgehead atoms. The molecule has 0 aliphatic carbocycles. The number of imide groups is 1. The predicted octanol–water partition coefficient (Wildman–Crippen LogP) is 2.88. The van der Waals surface area contributed by atoms with Gasteiger partial charge in [-0.05, 0) is 0 Å². The Hall–Kier alpha value is -4.74. The minimum atomic E-state index is -1.17. The van der Waals surface area contributed by atoms with Crippen LogP contribution in [0.3, 0.4) is 0 Å².